The zero-order valence-corrected chi connectivity index (χ0v) is 7.50. The van der Waals surface area contributed by atoms with Crippen LogP contribution in [0.3, 0.4) is 0 Å². The van der Waals surface area contributed by atoms with Crippen molar-refractivity contribution >= 4 is 10.1 Å². The Morgan fingerprint density at radius 3 is 2.58 bits per heavy atom. The van der Waals surface area contributed by atoms with E-state index in [1.54, 1.807) is 6.08 Å². The topological polar surface area (TPSA) is 80.4 Å². The predicted octanol–water partition coefficient (Wildman–Crippen LogP) is 0.435. The van der Waals surface area contributed by atoms with Crippen LogP contribution in [0.2, 0.25) is 0 Å². The van der Waals surface area contributed by atoms with E-state index in [4.69, 9.17) is 10.3 Å². The molecular formula is C7H11NO3S. The zero-order chi connectivity index (χ0) is 9.41. The largest absolute Gasteiger partial charge is 0.402 e. The van der Waals surface area contributed by atoms with Gasteiger partial charge in [0, 0.05) is 12.1 Å². The van der Waals surface area contributed by atoms with Crippen molar-refractivity contribution in [1.29, 1.82) is 0 Å². The van der Waals surface area contributed by atoms with Crippen molar-refractivity contribution in [3.05, 3.63) is 23.9 Å². The van der Waals surface area contributed by atoms with Gasteiger partial charge in [0.1, 0.15) is 4.75 Å². The second kappa shape index (κ2) is 2.60. The highest BCUT2D eigenvalue weighted by Gasteiger charge is 2.36. The Balaban J connectivity index is 3.07. The lowest BCUT2D eigenvalue weighted by Gasteiger charge is -2.24. The molecule has 4 nitrogen and oxygen atoms in total. The summed E-state index contributed by atoms with van der Waals surface area (Å²) in [6, 6.07) is 0. The van der Waals surface area contributed by atoms with Crippen LogP contribution in [0.1, 0.15) is 13.3 Å². The number of hydrogen-bond acceptors (Lipinski definition) is 3. The van der Waals surface area contributed by atoms with E-state index in [0.717, 1.165) is 0 Å². The van der Waals surface area contributed by atoms with Crippen LogP contribution in [0, 0.1) is 0 Å². The van der Waals surface area contributed by atoms with Crippen molar-refractivity contribution in [2.24, 2.45) is 5.73 Å². The number of nitrogens with two attached hydrogens (primary N) is 1. The van der Waals surface area contributed by atoms with Gasteiger partial charge in [0.2, 0.25) is 0 Å². The van der Waals surface area contributed by atoms with E-state index in [2.05, 4.69) is 0 Å². The van der Waals surface area contributed by atoms with Crippen LogP contribution in [0.15, 0.2) is 23.9 Å². The van der Waals surface area contributed by atoms with Crippen molar-refractivity contribution < 1.29 is 13.0 Å². The fourth-order valence-corrected chi connectivity index (χ4v) is 1.68. The van der Waals surface area contributed by atoms with Crippen LogP contribution in [-0.4, -0.2) is 17.7 Å². The number of hydrogen-bond donors (Lipinski definition) is 2. The summed E-state index contributed by atoms with van der Waals surface area (Å²) in [6.07, 6.45) is 4.72. The standard InChI is InChI=1S/C7H11NO3S/c1-7(12(9,10)11)4-2-3-6(8)5-7/h2-4H,5,8H2,1H3,(H,9,10,11). The van der Waals surface area contributed by atoms with Gasteiger partial charge in [0.15, 0.2) is 0 Å². The molecule has 0 spiro atoms. The molecule has 68 valence electrons. The van der Waals surface area contributed by atoms with E-state index in [-0.39, 0.29) is 6.42 Å². The first-order valence-electron chi connectivity index (χ1n) is 3.46. The fraction of sp³-hybridized carbons (Fsp3) is 0.429. The van der Waals surface area contributed by atoms with Crippen molar-refractivity contribution in [3.63, 3.8) is 0 Å². The minimum atomic E-state index is -4.07. The Morgan fingerprint density at radius 1 is 1.67 bits per heavy atom. The minimum Gasteiger partial charge on any atom is -0.402 e. The Bertz CT molecular complexity index is 342. The average molecular weight is 189 g/mol. The smallest absolute Gasteiger partial charge is 0.274 e. The van der Waals surface area contributed by atoms with Crippen LogP contribution in [0.5, 0.6) is 0 Å². The van der Waals surface area contributed by atoms with E-state index in [0.29, 0.717) is 5.70 Å². The lowest BCUT2D eigenvalue weighted by atomic mass is 10.00. The highest BCUT2D eigenvalue weighted by molar-refractivity contribution is 7.87. The van der Waals surface area contributed by atoms with Gasteiger partial charge in [-0.25, -0.2) is 0 Å². The molecule has 0 radical (unpaired) electrons. The summed E-state index contributed by atoms with van der Waals surface area (Å²) in [5.41, 5.74) is 5.90. The number of allylic oxidation sites excluding steroid dienone is 3. The van der Waals surface area contributed by atoms with Gasteiger partial charge in [0.05, 0.1) is 0 Å². The third-order valence-corrected chi connectivity index (χ3v) is 3.36. The van der Waals surface area contributed by atoms with Crippen molar-refractivity contribution in [2.45, 2.75) is 18.1 Å². The second-order valence-electron chi connectivity index (χ2n) is 3.07. The van der Waals surface area contributed by atoms with Gasteiger partial charge >= 0.3 is 0 Å². The highest BCUT2D eigenvalue weighted by Crippen LogP contribution is 2.27. The van der Waals surface area contributed by atoms with Crippen LogP contribution in [0.4, 0.5) is 0 Å². The van der Waals surface area contributed by atoms with E-state index in [1.165, 1.54) is 19.1 Å². The molecule has 0 fully saturated rings. The molecule has 1 unspecified atom stereocenters. The van der Waals surface area contributed by atoms with Crippen molar-refractivity contribution in [3.8, 4) is 0 Å². The van der Waals surface area contributed by atoms with Crippen LogP contribution >= 0.6 is 0 Å². The molecule has 0 amide bonds. The third-order valence-electron chi connectivity index (χ3n) is 1.90. The highest BCUT2D eigenvalue weighted by atomic mass is 32.2. The Hall–Kier alpha value is -0.810. The van der Waals surface area contributed by atoms with Gasteiger partial charge in [-0.3, -0.25) is 4.55 Å². The van der Waals surface area contributed by atoms with E-state index < -0.39 is 14.9 Å². The van der Waals surface area contributed by atoms with Gasteiger partial charge in [0.25, 0.3) is 10.1 Å². The van der Waals surface area contributed by atoms with Gasteiger partial charge < -0.3 is 5.73 Å². The fourth-order valence-electron chi connectivity index (χ4n) is 1.08. The van der Waals surface area contributed by atoms with E-state index >= 15 is 0 Å². The molecule has 1 atom stereocenters. The molecule has 0 aromatic carbocycles. The summed E-state index contributed by atoms with van der Waals surface area (Å²) in [5.74, 6) is 0. The SMILES string of the molecule is CC1(S(=O)(=O)O)C=CC=C(N)C1. The van der Waals surface area contributed by atoms with Crippen molar-refractivity contribution in [1.82, 2.24) is 0 Å². The summed E-state index contributed by atoms with van der Waals surface area (Å²) in [4.78, 5) is 0. The monoisotopic (exact) mass is 189 g/mol. The summed E-state index contributed by atoms with van der Waals surface area (Å²) < 4.78 is 29.3. The Labute approximate surface area is 71.5 Å². The van der Waals surface area contributed by atoms with Gasteiger partial charge in [-0.15, -0.1) is 0 Å². The first kappa shape index (κ1) is 9.28. The zero-order valence-electron chi connectivity index (χ0n) is 6.69. The first-order valence-corrected chi connectivity index (χ1v) is 4.90. The molecule has 0 aromatic heterocycles. The van der Waals surface area contributed by atoms with Gasteiger partial charge in [-0.05, 0) is 13.0 Å². The molecule has 1 aliphatic carbocycles. The molecule has 0 saturated carbocycles. The summed E-state index contributed by atoms with van der Waals surface area (Å²) in [6.45, 7) is 1.43. The van der Waals surface area contributed by atoms with Gasteiger partial charge in [-0.1, -0.05) is 12.2 Å². The van der Waals surface area contributed by atoms with E-state index in [9.17, 15) is 8.42 Å². The van der Waals surface area contributed by atoms with Gasteiger partial charge in [-0.2, -0.15) is 8.42 Å². The summed E-state index contributed by atoms with van der Waals surface area (Å²) >= 11 is 0. The molecule has 0 aromatic rings. The Kier molecular flexibility index (Phi) is 2.01. The average Bonchev–Trinajstić information content (AvgIpc) is 1.83. The Morgan fingerprint density at radius 2 is 2.25 bits per heavy atom. The molecule has 1 rings (SSSR count). The van der Waals surface area contributed by atoms with Crippen LogP contribution < -0.4 is 5.73 Å². The van der Waals surface area contributed by atoms with Crippen molar-refractivity contribution in [2.75, 3.05) is 0 Å². The maximum absolute atomic E-state index is 10.9. The minimum absolute atomic E-state index is 0.141. The molecular weight excluding hydrogens is 178 g/mol. The second-order valence-corrected chi connectivity index (χ2v) is 4.95. The molecule has 3 N–H and O–H groups in total. The van der Waals surface area contributed by atoms with E-state index in [1.807, 2.05) is 0 Å². The molecule has 0 heterocycles. The molecule has 0 saturated heterocycles. The maximum Gasteiger partial charge on any atom is 0.274 e. The third kappa shape index (κ3) is 1.51. The molecule has 1 aliphatic rings. The molecule has 12 heavy (non-hydrogen) atoms. The molecule has 0 aliphatic heterocycles. The summed E-state index contributed by atoms with van der Waals surface area (Å²) in [5, 5.41) is 0. The quantitative estimate of drug-likeness (QED) is 0.586. The summed E-state index contributed by atoms with van der Waals surface area (Å²) in [7, 11) is -4.07. The normalized spacial score (nSPS) is 30.0. The predicted molar refractivity (Wildman–Crippen MR) is 46.0 cm³/mol. The van der Waals surface area contributed by atoms with Crippen LogP contribution in [-0.2, 0) is 10.1 Å². The number of rotatable bonds is 1. The molecule has 5 heteroatoms. The molecule has 0 bridgehead atoms. The maximum atomic E-state index is 10.9. The first-order chi connectivity index (χ1) is 5.35. The lowest BCUT2D eigenvalue weighted by Crippen LogP contribution is -2.35. The lowest BCUT2D eigenvalue weighted by molar-refractivity contribution is 0.450. The van der Waals surface area contributed by atoms with Crippen LogP contribution in [0.25, 0.3) is 0 Å².